The van der Waals surface area contributed by atoms with Crippen molar-refractivity contribution in [1.82, 2.24) is 10.0 Å². The van der Waals surface area contributed by atoms with Crippen LogP contribution in [0.15, 0.2) is 47.4 Å². The maximum absolute atomic E-state index is 12.5. The molecule has 0 aromatic heterocycles. The highest BCUT2D eigenvalue weighted by Crippen LogP contribution is 2.43. The normalized spacial score (nSPS) is 17.2. The van der Waals surface area contributed by atoms with Crippen LogP contribution in [-0.2, 0) is 20.2 Å². The minimum Gasteiger partial charge on any atom is -0.486 e. The van der Waals surface area contributed by atoms with Gasteiger partial charge in [-0.3, -0.25) is 4.79 Å². The molecule has 2 aromatic carbocycles. The largest absolute Gasteiger partial charge is 0.486 e. The summed E-state index contributed by atoms with van der Waals surface area (Å²) < 4.78 is 38.6. The second-order valence-electron chi connectivity index (χ2n) is 8.58. The number of aryl methyl sites for hydroxylation is 1. The molecule has 1 amide bonds. The van der Waals surface area contributed by atoms with E-state index in [4.69, 9.17) is 9.47 Å². The maximum atomic E-state index is 12.5. The highest BCUT2D eigenvalue weighted by molar-refractivity contribution is 7.89. The van der Waals surface area contributed by atoms with E-state index in [2.05, 4.69) is 16.1 Å². The number of nitrogens with one attached hydrogen (secondary N) is 2. The number of rotatable bonds is 8. The zero-order valence-electron chi connectivity index (χ0n) is 18.4. The van der Waals surface area contributed by atoms with Gasteiger partial charge in [-0.1, -0.05) is 36.6 Å². The standard InChI is InChI=1S/C24H30N2O5S/c1-18-4-7-20(8-5-18)32(28,29)26-13-10-23(27)25-17-24(11-2-3-12-24)19-6-9-21-22(16-19)31-15-14-30-21/h4-9,16,26H,2-3,10-15,17H2,1H3,(H,25,27). The summed E-state index contributed by atoms with van der Waals surface area (Å²) in [7, 11) is -3.62. The Morgan fingerprint density at radius 2 is 1.69 bits per heavy atom. The van der Waals surface area contributed by atoms with Crippen LogP contribution in [0.4, 0.5) is 0 Å². The van der Waals surface area contributed by atoms with E-state index < -0.39 is 10.0 Å². The lowest BCUT2D eigenvalue weighted by Gasteiger charge is -2.31. The first-order valence-electron chi connectivity index (χ1n) is 11.1. The fourth-order valence-electron chi connectivity index (χ4n) is 4.45. The molecular weight excluding hydrogens is 428 g/mol. The molecule has 2 aliphatic rings. The van der Waals surface area contributed by atoms with Crippen LogP contribution >= 0.6 is 0 Å². The Balaban J connectivity index is 1.33. The Kier molecular flexibility index (Phi) is 6.71. The lowest BCUT2D eigenvalue weighted by molar-refractivity contribution is -0.121. The molecule has 2 aromatic rings. The van der Waals surface area contributed by atoms with Crippen LogP contribution < -0.4 is 19.5 Å². The van der Waals surface area contributed by atoms with Crippen molar-refractivity contribution in [2.45, 2.75) is 49.3 Å². The number of hydrogen-bond donors (Lipinski definition) is 2. The van der Waals surface area contributed by atoms with E-state index in [9.17, 15) is 13.2 Å². The van der Waals surface area contributed by atoms with E-state index in [1.54, 1.807) is 24.3 Å². The van der Waals surface area contributed by atoms with Gasteiger partial charge in [-0.25, -0.2) is 13.1 Å². The minimum absolute atomic E-state index is 0.0546. The number of fused-ring (bicyclic) bond motifs is 1. The van der Waals surface area contributed by atoms with E-state index in [0.29, 0.717) is 19.8 Å². The van der Waals surface area contributed by atoms with Gasteiger partial charge in [0.25, 0.3) is 0 Å². The van der Waals surface area contributed by atoms with Crippen LogP contribution in [-0.4, -0.2) is 40.6 Å². The van der Waals surface area contributed by atoms with Crippen molar-refractivity contribution in [3.05, 3.63) is 53.6 Å². The predicted octanol–water partition coefficient (Wildman–Crippen LogP) is 3.06. The second kappa shape index (κ2) is 9.50. The van der Waals surface area contributed by atoms with Gasteiger partial charge in [-0.2, -0.15) is 0 Å². The van der Waals surface area contributed by atoms with Crippen LogP contribution in [0.25, 0.3) is 0 Å². The quantitative estimate of drug-likeness (QED) is 0.634. The SMILES string of the molecule is Cc1ccc(S(=O)(=O)NCCC(=O)NCC2(c3ccc4c(c3)OCCO4)CCCC2)cc1. The van der Waals surface area contributed by atoms with E-state index in [1.807, 2.05) is 19.1 Å². The summed E-state index contributed by atoms with van der Waals surface area (Å²) in [5.41, 5.74) is 2.01. The molecule has 1 aliphatic carbocycles. The first-order valence-corrected chi connectivity index (χ1v) is 12.6. The van der Waals surface area contributed by atoms with Gasteiger partial charge in [0, 0.05) is 24.9 Å². The summed E-state index contributed by atoms with van der Waals surface area (Å²) in [5.74, 6) is 1.36. The molecule has 1 heterocycles. The number of carbonyl (C=O) groups is 1. The van der Waals surface area contributed by atoms with Gasteiger partial charge in [-0.05, 0) is 49.6 Å². The van der Waals surface area contributed by atoms with Gasteiger partial charge in [0.15, 0.2) is 11.5 Å². The first-order chi connectivity index (χ1) is 15.4. The molecule has 0 bridgehead atoms. The van der Waals surface area contributed by atoms with Gasteiger partial charge < -0.3 is 14.8 Å². The maximum Gasteiger partial charge on any atom is 0.240 e. The third-order valence-corrected chi connectivity index (χ3v) is 7.79. The molecule has 1 saturated carbocycles. The highest BCUT2D eigenvalue weighted by atomic mass is 32.2. The van der Waals surface area contributed by atoms with Crippen LogP contribution in [0.2, 0.25) is 0 Å². The van der Waals surface area contributed by atoms with Crippen LogP contribution in [0.5, 0.6) is 11.5 Å². The van der Waals surface area contributed by atoms with E-state index in [1.165, 1.54) is 0 Å². The monoisotopic (exact) mass is 458 g/mol. The molecule has 0 spiro atoms. The van der Waals surface area contributed by atoms with Gasteiger partial charge >= 0.3 is 0 Å². The molecule has 1 aliphatic heterocycles. The molecule has 172 valence electrons. The molecule has 0 radical (unpaired) electrons. The second-order valence-corrected chi connectivity index (χ2v) is 10.4. The molecule has 0 atom stereocenters. The number of benzene rings is 2. The molecule has 1 fully saturated rings. The van der Waals surface area contributed by atoms with E-state index >= 15 is 0 Å². The molecule has 2 N–H and O–H groups in total. The third kappa shape index (κ3) is 5.07. The topological polar surface area (TPSA) is 93.7 Å². The summed E-state index contributed by atoms with van der Waals surface area (Å²) in [6, 6.07) is 12.7. The fourth-order valence-corrected chi connectivity index (χ4v) is 5.48. The summed E-state index contributed by atoms with van der Waals surface area (Å²) in [5, 5.41) is 3.03. The average molecular weight is 459 g/mol. The molecule has 32 heavy (non-hydrogen) atoms. The summed E-state index contributed by atoms with van der Waals surface area (Å²) in [6.07, 6.45) is 4.30. The Morgan fingerprint density at radius 3 is 2.41 bits per heavy atom. The Labute approximate surface area is 189 Å². The lowest BCUT2D eigenvalue weighted by atomic mass is 9.78. The predicted molar refractivity (Wildman–Crippen MR) is 122 cm³/mol. The van der Waals surface area contributed by atoms with Crippen molar-refractivity contribution in [1.29, 1.82) is 0 Å². The van der Waals surface area contributed by atoms with Gasteiger partial charge in [-0.15, -0.1) is 0 Å². The van der Waals surface area contributed by atoms with Crippen molar-refractivity contribution < 1.29 is 22.7 Å². The third-order valence-electron chi connectivity index (χ3n) is 6.31. The van der Waals surface area contributed by atoms with Crippen molar-refractivity contribution in [3.63, 3.8) is 0 Å². The summed E-state index contributed by atoms with van der Waals surface area (Å²) >= 11 is 0. The van der Waals surface area contributed by atoms with Crippen molar-refractivity contribution in [2.24, 2.45) is 0 Å². The van der Waals surface area contributed by atoms with Gasteiger partial charge in [0.2, 0.25) is 15.9 Å². The number of carbonyl (C=O) groups excluding carboxylic acids is 1. The highest BCUT2D eigenvalue weighted by Gasteiger charge is 2.36. The lowest BCUT2D eigenvalue weighted by Crippen LogP contribution is -2.40. The summed E-state index contributed by atoms with van der Waals surface area (Å²) in [4.78, 5) is 12.7. The van der Waals surface area contributed by atoms with E-state index in [-0.39, 0.29) is 29.2 Å². The number of hydrogen-bond acceptors (Lipinski definition) is 5. The first kappa shape index (κ1) is 22.6. The molecular formula is C24H30N2O5S. The van der Waals surface area contributed by atoms with Crippen molar-refractivity contribution in [3.8, 4) is 11.5 Å². The average Bonchev–Trinajstić information content (AvgIpc) is 3.28. The molecule has 8 heteroatoms. The van der Waals surface area contributed by atoms with E-state index in [0.717, 1.165) is 48.3 Å². The molecule has 7 nitrogen and oxygen atoms in total. The van der Waals surface area contributed by atoms with Crippen LogP contribution in [0.1, 0.15) is 43.2 Å². The smallest absolute Gasteiger partial charge is 0.240 e. The molecule has 0 saturated heterocycles. The van der Waals surface area contributed by atoms with Crippen LogP contribution in [0.3, 0.4) is 0 Å². The summed E-state index contributed by atoms with van der Waals surface area (Å²) in [6.45, 7) is 3.57. The number of sulfonamides is 1. The Hall–Kier alpha value is -2.58. The molecule has 0 unspecified atom stereocenters. The molecule has 4 rings (SSSR count). The van der Waals surface area contributed by atoms with Gasteiger partial charge in [0.05, 0.1) is 4.90 Å². The van der Waals surface area contributed by atoms with Crippen molar-refractivity contribution >= 4 is 15.9 Å². The number of ether oxygens (including phenoxy) is 2. The van der Waals surface area contributed by atoms with Crippen LogP contribution in [0, 0.1) is 6.92 Å². The Morgan fingerprint density at radius 1 is 1.00 bits per heavy atom. The minimum atomic E-state index is -3.62. The zero-order chi connectivity index (χ0) is 22.6. The van der Waals surface area contributed by atoms with Crippen molar-refractivity contribution in [2.75, 3.05) is 26.3 Å². The van der Waals surface area contributed by atoms with Gasteiger partial charge in [0.1, 0.15) is 13.2 Å². The Bertz CT molecular complexity index is 1060. The fraction of sp³-hybridized carbons (Fsp3) is 0.458. The number of amides is 1. The zero-order valence-corrected chi connectivity index (χ0v) is 19.2.